The minimum atomic E-state index is -0.442. The predicted molar refractivity (Wildman–Crippen MR) is 75.3 cm³/mol. The van der Waals surface area contributed by atoms with Gasteiger partial charge in [0.05, 0.1) is 25.3 Å². The molecule has 1 atom stereocenters. The van der Waals surface area contributed by atoms with Crippen molar-refractivity contribution >= 4 is 12.0 Å². The fourth-order valence-electron chi connectivity index (χ4n) is 2.12. The Morgan fingerprint density at radius 2 is 2.19 bits per heavy atom. The number of benzene rings is 1. The Morgan fingerprint density at radius 3 is 2.90 bits per heavy atom. The average molecular weight is 290 g/mol. The van der Waals surface area contributed by atoms with Gasteiger partial charge in [-0.15, -0.1) is 0 Å². The third-order valence-corrected chi connectivity index (χ3v) is 3.54. The molecule has 6 nitrogen and oxygen atoms in total. The molecule has 0 spiro atoms. The second-order valence-electron chi connectivity index (χ2n) is 5.37. The van der Waals surface area contributed by atoms with E-state index in [1.54, 1.807) is 18.2 Å². The van der Waals surface area contributed by atoms with Gasteiger partial charge in [-0.1, -0.05) is 12.1 Å². The second kappa shape index (κ2) is 6.03. The molecule has 1 heterocycles. The number of amides is 2. The van der Waals surface area contributed by atoms with Crippen LogP contribution in [0.3, 0.4) is 0 Å². The van der Waals surface area contributed by atoms with Crippen LogP contribution in [0.4, 0.5) is 4.79 Å². The number of rotatable bonds is 6. The number of cyclic esters (lactones) is 1. The second-order valence-corrected chi connectivity index (χ2v) is 5.37. The van der Waals surface area contributed by atoms with Crippen LogP contribution in [0.2, 0.25) is 0 Å². The first-order valence-electron chi connectivity index (χ1n) is 7.17. The molecular weight excluding hydrogens is 272 g/mol. The molecule has 0 aromatic heterocycles. The molecular formula is C15H18N2O4. The van der Waals surface area contributed by atoms with E-state index in [0.29, 0.717) is 30.4 Å². The van der Waals surface area contributed by atoms with Crippen molar-refractivity contribution in [2.75, 3.05) is 19.7 Å². The molecule has 2 amide bonds. The summed E-state index contributed by atoms with van der Waals surface area (Å²) < 4.78 is 10.7. The van der Waals surface area contributed by atoms with Gasteiger partial charge in [-0.3, -0.25) is 4.79 Å². The molecule has 6 heteroatoms. The first kappa shape index (κ1) is 13.7. The van der Waals surface area contributed by atoms with Gasteiger partial charge in [-0.2, -0.15) is 0 Å². The van der Waals surface area contributed by atoms with Gasteiger partial charge in [0.25, 0.3) is 5.91 Å². The summed E-state index contributed by atoms with van der Waals surface area (Å²) in [7, 11) is 0. The first-order valence-corrected chi connectivity index (χ1v) is 7.17. The monoisotopic (exact) mass is 290 g/mol. The van der Waals surface area contributed by atoms with Crippen molar-refractivity contribution in [1.29, 1.82) is 0 Å². The smallest absolute Gasteiger partial charge is 0.407 e. The third kappa shape index (κ3) is 3.65. The summed E-state index contributed by atoms with van der Waals surface area (Å²) >= 11 is 0. The van der Waals surface area contributed by atoms with Crippen molar-refractivity contribution in [1.82, 2.24) is 10.6 Å². The van der Waals surface area contributed by atoms with Gasteiger partial charge < -0.3 is 20.1 Å². The molecule has 0 bridgehead atoms. The van der Waals surface area contributed by atoms with Crippen LogP contribution in [0.5, 0.6) is 5.75 Å². The van der Waals surface area contributed by atoms with Crippen molar-refractivity contribution in [2.45, 2.75) is 18.9 Å². The van der Waals surface area contributed by atoms with E-state index in [-0.39, 0.29) is 18.6 Å². The maximum Gasteiger partial charge on any atom is 0.407 e. The number of ether oxygens (including phenoxy) is 2. The molecule has 3 rings (SSSR count). The number of alkyl carbamates (subject to hydrolysis) is 1. The lowest BCUT2D eigenvalue weighted by Gasteiger charge is -2.13. The number of para-hydroxylation sites is 1. The van der Waals surface area contributed by atoms with E-state index in [1.807, 2.05) is 6.07 Å². The van der Waals surface area contributed by atoms with Crippen LogP contribution in [-0.2, 0) is 4.74 Å². The summed E-state index contributed by atoms with van der Waals surface area (Å²) in [6, 6.07) is 7.18. The zero-order chi connectivity index (χ0) is 14.7. The Bertz CT molecular complexity index is 542. The van der Waals surface area contributed by atoms with Gasteiger partial charge in [0.1, 0.15) is 11.9 Å². The Balaban J connectivity index is 1.56. The van der Waals surface area contributed by atoms with Crippen LogP contribution in [0.1, 0.15) is 23.2 Å². The zero-order valence-electron chi connectivity index (χ0n) is 11.6. The van der Waals surface area contributed by atoms with Crippen molar-refractivity contribution in [3.63, 3.8) is 0 Å². The van der Waals surface area contributed by atoms with E-state index in [0.717, 1.165) is 0 Å². The van der Waals surface area contributed by atoms with Crippen LogP contribution in [-0.4, -0.2) is 37.8 Å². The summed E-state index contributed by atoms with van der Waals surface area (Å²) in [5.41, 5.74) is 0.510. The molecule has 1 aromatic carbocycles. The molecule has 2 fully saturated rings. The number of nitrogens with one attached hydrogen (secondary N) is 2. The molecule has 1 saturated heterocycles. The molecule has 0 unspecified atom stereocenters. The van der Waals surface area contributed by atoms with Crippen molar-refractivity contribution in [2.24, 2.45) is 5.92 Å². The Labute approximate surface area is 122 Å². The minimum Gasteiger partial charge on any atom is -0.492 e. The molecule has 1 aromatic rings. The van der Waals surface area contributed by atoms with E-state index >= 15 is 0 Å². The molecule has 0 radical (unpaired) electrons. The topological polar surface area (TPSA) is 76.7 Å². The number of carbonyl (C=O) groups excluding carboxylic acids is 2. The average Bonchev–Trinajstić information content (AvgIpc) is 3.24. The summed E-state index contributed by atoms with van der Waals surface area (Å²) in [5.74, 6) is 1.01. The molecule has 1 aliphatic heterocycles. The first-order chi connectivity index (χ1) is 10.2. The van der Waals surface area contributed by atoms with Gasteiger partial charge in [0, 0.05) is 0 Å². The standard InChI is InChI=1S/C15H18N2O4/c18-14(16-7-11-8-17-15(19)21-11)12-3-1-2-4-13(12)20-9-10-5-6-10/h1-4,10-11H,5-9H2,(H,16,18)(H,17,19)/t11-/m1/s1. The maximum absolute atomic E-state index is 12.2. The van der Waals surface area contributed by atoms with Gasteiger partial charge in [0.15, 0.2) is 0 Å². The lowest BCUT2D eigenvalue weighted by Crippen LogP contribution is -2.34. The van der Waals surface area contributed by atoms with E-state index < -0.39 is 6.09 Å². The quantitative estimate of drug-likeness (QED) is 0.828. The highest BCUT2D eigenvalue weighted by Gasteiger charge is 2.25. The summed E-state index contributed by atoms with van der Waals surface area (Å²) in [6.45, 7) is 1.36. The fraction of sp³-hybridized carbons (Fsp3) is 0.467. The highest BCUT2D eigenvalue weighted by molar-refractivity contribution is 5.96. The zero-order valence-corrected chi connectivity index (χ0v) is 11.6. The lowest BCUT2D eigenvalue weighted by molar-refractivity contribution is 0.0911. The lowest BCUT2D eigenvalue weighted by atomic mass is 10.2. The normalized spacial score (nSPS) is 20.6. The van der Waals surface area contributed by atoms with E-state index in [1.165, 1.54) is 12.8 Å². The molecule has 2 aliphatic rings. The molecule has 1 aliphatic carbocycles. The number of carbonyl (C=O) groups is 2. The molecule has 1 saturated carbocycles. The largest absolute Gasteiger partial charge is 0.492 e. The highest BCUT2D eigenvalue weighted by Crippen LogP contribution is 2.30. The predicted octanol–water partition coefficient (Wildman–Crippen LogP) is 1.31. The van der Waals surface area contributed by atoms with E-state index in [2.05, 4.69) is 10.6 Å². The maximum atomic E-state index is 12.2. The molecule has 21 heavy (non-hydrogen) atoms. The van der Waals surface area contributed by atoms with Crippen LogP contribution >= 0.6 is 0 Å². The van der Waals surface area contributed by atoms with Gasteiger partial charge >= 0.3 is 6.09 Å². The molecule has 2 N–H and O–H groups in total. The van der Waals surface area contributed by atoms with Crippen LogP contribution in [0.25, 0.3) is 0 Å². The Kier molecular flexibility index (Phi) is 3.94. The van der Waals surface area contributed by atoms with Crippen molar-refractivity contribution < 1.29 is 19.1 Å². The minimum absolute atomic E-state index is 0.218. The molecule has 112 valence electrons. The van der Waals surface area contributed by atoms with E-state index in [4.69, 9.17) is 9.47 Å². The van der Waals surface area contributed by atoms with Crippen molar-refractivity contribution in [3.8, 4) is 5.75 Å². The summed E-state index contributed by atoms with van der Waals surface area (Å²) in [6.07, 6.45) is 1.64. The van der Waals surface area contributed by atoms with Gasteiger partial charge in [-0.25, -0.2) is 4.79 Å². The Morgan fingerprint density at radius 1 is 1.38 bits per heavy atom. The Hall–Kier alpha value is -2.24. The SMILES string of the molecule is O=C1NC[C@@H](CNC(=O)c2ccccc2OCC2CC2)O1. The fourth-order valence-corrected chi connectivity index (χ4v) is 2.12. The van der Waals surface area contributed by atoms with Crippen LogP contribution in [0.15, 0.2) is 24.3 Å². The number of hydrogen-bond donors (Lipinski definition) is 2. The summed E-state index contributed by atoms with van der Waals surface area (Å²) in [5, 5.41) is 5.32. The number of hydrogen-bond acceptors (Lipinski definition) is 4. The van der Waals surface area contributed by atoms with E-state index in [9.17, 15) is 9.59 Å². The van der Waals surface area contributed by atoms with Crippen LogP contribution < -0.4 is 15.4 Å². The summed E-state index contributed by atoms with van der Waals surface area (Å²) in [4.78, 5) is 23.1. The van der Waals surface area contributed by atoms with Crippen molar-refractivity contribution in [3.05, 3.63) is 29.8 Å². The van der Waals surface area contributed by atoms with Gasteiger partial charge in [-0.05, 0) is 30.9 Å². The third-order valence-electron chi connectivity index (χ3n) is 3.54. The van der Waals surface area contributed by atoms with Gasteiger partial charge in [0.2, 0.25) is 0 Å². The highest BCUT2D eigenvalue weighted by atomic mass is 16.6. The van der Waals surface area contributed by atoms with Crippen LogP contribution in [0, 0.1) is 5.92 Å².